The van der Waals surface area contributed by atoms with E-state index in [9.17, 15) is 34.6 Å². The van der Waals surface area contributed by atoms with E-state index in [0.717, 1.165) is 0 Å². The zero-order valence-corrected chi connectivity index (χ0v) is 16.9. The van der Waals surface area contributed by atoms with E-state index in [1.807, 2.05) is 0 Å². The first-order valence-electron chi connectivity index (χ1n) is 8.99. The number of methoxy groups -OCH3 is 1. The molecule has 0 aromatic carbocycles. The van der Waals surface area contributed by atoms with Crippen molar-refractivity contribution >= 4 is 17.8 Å². The van der Waals surface area contributed by atoms with Gasteiger partial charge in [0.2, 0.25) is 11.8 Å². The van der Waals surface area contributed by atoms with Crippen molar-refractivity contribution in [2.45, 2.75) is 25.0 Å². The molecule has 0 saturated heterocycles. The van der Waals surface area contributed by atoms with Crippen LogP contribution in [0.2, 0.25) is 0 Å². The van der Waals surface area contributed by atoms with Crippen molar-refractivity contribution in [3.8, 4) is 0 Å². The first-order chi connectivity index (χ1) is 15.2. The van der Waals surface area contributed by atoms with E-state index in [0.29, 0.717) is 5.69 Å². The lowest BCUT2D eigenvalue weighted by Gasteiger charge is -2.16. The number of nitrogens with one attached hydrogen (secondary N) is 3. The molecule has 1 aromatic heterocycles. The van der Waals surface area contributed by atoms with Crippen LogP contribution in [0.5, 0.6) is 0 Å². The fourth-order valence-corrected chi connectivity index (χ4v) is 2.24. The molecule has 0 bridgehead atoms. The quantitative estimate of drug-likeness (QED) is 0.137. The van der Waals surface area contributed by atoms with Crippen LogP contribution >= 0.6 is 0 Å². The highest BCUT2D eigenvalue weighted by molar-refractivity contribution is 5.85. The number of esters is 1. The normalized spacial score (nSPS) is 12.2. The number of hydrogen-bond donors (Lipinski definition) is 3. The summed E-state index contributed by atoms with van der Waals surface area (Å²) in [6, 6.07) is -0.963. The molecule has 32 heavy (non-hydrogen) atoms. The second kappa shape index (κ2) is 14.1. The maximum atomic E-state index is 12.0. The van der Waals surface area contributed by atoms with Crippen molar-refractivity contribution in [1.29, 1.82) is 0 Å². The molecule has 1 aromatic rings. The Labute approximate surface area is 179 Å². The van der Waals surface area contributed by atoms with E-state index >= 15 is 0 Å². The summed E-state index contributed by atoms with van der Waals surface area (Å²) < 4.78 is 9.55. The van der Waals surface area contributed by atoms with E-state index in [4.69, 9.17) is 4.74 Å². The minimum atomic E-state index is -1.42. The lowest BCUT2D eigenvalue weighted by Crippen LogP contribution is -2.44. The molecule has 178 valence electrons. The summed E-state index contributed by atoms with van der Waals surface area (Å²) in [5.41, 5.74) is 0.536. The van der Waals surface area contributed by atoms with Gasteiger partial charge in [-0.15, -0.1) is 20.2 Å². The molecule has 0 aliphatic rings. The topological polar surface area (TPSA) is 227 Å². The smallest absolute Gasteiger partial charge is 0.328 e. The Morgan fingerprint density at radius 2 is 1.94 bits per heavy atom. The van der Waals surface area contributed by atoms with E-state index in [1.165, 1.54) is 13.4 Å². The van der Waals surface area contributed by atoms with Gasteiger partial charge in [-0.1, -0.05) is 0 Å². The second-order valence-corrected chi connectivity index (χ2v) is 5.99. The monoisotopic (exact) mass is 462 g/mol. The average Bonchev–Trinajstić information content (AvgIpc) is 3.23. The number of imidazole rings is 1. The number of H-pyrrole nitrogens is 1. The lowest BCUT2D eigenvalue weighted by molar-refractivity contribution is -0.790. The summed E-state index contributed by atoms with van der Waals surface area (Å²) in [6.07, 6.45) is 1.51. The number of aromatic nitrogens is 2. The van der Waals surface area contributed by atoms with Gasteiger partial charge in [-0.05, 0) is 0 Å². The predicted octanol–water partition coefficient (Wildman–Crippen LogP) is -2.08. The van der Waals surface area contributed by atoms with Crippen molar-refractivity contribution in [3.05, 3.63) is 38.4 Å². The van der Waals surface area contributed by atoms with Gasteiger partial charge >= 0.3 is 5.97 Å². The summed E-state index contributed by atoms with van der Waals surface area (Å²) in [5.74, 6) is -1.85. The molecule has 2 atom stereocenters. The molecule has 2 amide bonds. The largest absolute Gasteiger partial charge is 0.467 e. The highest BCUT2D eigenvalue weighted by Crippen LogP contribution is 2.01. The zero-order valence-electron chi connectivity index (χ0n) is 16.9. The van der Waals surface area contributed by atoms with Crippen LogP contribution in [0.3, 0.4) is 0 Å². The Hall–Kier alpha value is -4.02. The minimum Gasteiger partial charge on any atom is -0.467 e. The van der Waals surface area contributed by atoms with E-state index in [-0.39, 0.29) is 19.4 Å². The fraction of sp³-hybridized carbons (Fsp3) is 0.600. The molecule has 2 unspecified atom stereocenters. The van der Waals surface area contributed by atoms with Gasteiger partial charge in [-0.25, -0.2) is 9.78 Å². The molecule has 0 spiro atoms. The van der Waals surface area contributed by atoms with Crippen LogP contribution in [0, 0.1) is 20.2 Å². The highest BCUT2D eigenvalue weighted by Gasteiger charge is 2.23. The number of carbonyl (C=O) groups is 3. The van der Waals surface area contributed by atoms with Gasteiger partial charge in [0.1, 0.15) is 19.3 Å². The van der Waals surface area contributed by atoms with Crippen LogP contribution in [0.25, 0.3) is 0 Å². The molecule has 1 heterocycles. The first-order valence-corrected chi connectivity index (χ1v) is 8.99. The number of rotatable bonds is 16. The summed E-state index contributed by atoms with van der Waals surface area (Å²) in [7, 11) is 1.18. The van der Waals surface area contributed by atoms with Gasteiger partial charge in [0.25, 0.3) is 10.2 Å². The first kappa shape index (κ1) is 26.0. The third kappa shape index (κ3) is 11.2. The molecular formula is C15H22N6O11. The SMILES string of the molecule is COC(=O)C(Cc1c[nH]cn1)NC(=O)CCNC(=O)COCC(CO[N+](=O)[O-])O[N+](=O)[O-]. The molecule has 1 rings (SSSR count). The Morgan fingerprint density at radius 1 is 1.19 bits per heavy atom. The number of nitrogens with zero attached hydrogens (tertiary/aromatic N) is 3. The zero-order chi connectivity index (χ0) is 23.9. The lowest BCUT2D eigenvalue weighted by atomic mass is 10.1. The summed E-state index contributed by atoms with van der Waals surface area (Å²) in [4.78, 5) is 70.8. The van der Waals surface area contributed by atoms with Crippen molar-refractivity contribution in [2.75, 3.05) is 33.5 Å². The molecular weight excluding hydrogens is 440 g/mol. The maximum absolute atomic E-state index is 12.0. The number of aromatic amines is 1. The van der Waals surface area contributed by atoms with Crippen LogP contribution in [0.1, 0.15) is 12.1 Å². The maximum Gasteiger partial charge on any atom is 0.328 e. The van der Waals surface area contributed by atoms with E-state index in [2.05, 4.69) is 35.0 Å². The molecule has 3 N–H and O–H groups in total. The van der Waals surface area contributed by atoms with Gasteiger partial charge in [-0.3, -0.25) is 9.59 Å². The molecule has 0 aliphatic carbocycles. The van der Waals surface area contributed by atoms with E-state index in [1.54, 1.807) is 6.20 Å². The van der Waals surface area contributed by atoms with Crippen molar-refractivity contribution in [3.63, 3.8) is 0 Å². The van der Waals surface area contributed by atoms with Crippen LogP contribution in [-0.2, 0) is 40.0 Å². The Morgan fingerprint density at radius 3 is 2.53 bits per heavy atom. The highest BCUT2D eigenvalue weighted by atomic mass is 17.0. The van der Waals surface area contributed by atoms with Crippen LogP contribution in [-0.4, -0.2) is 83.5 Å². The molecule has 17 heteroatoms. The fourth-order valence-electron chi connectivity index (χ4n) is 2.24. The number of hydrogen-bond acceptors (Lipinski definition) is 12. The third-order valence-corrected chi connectivity index (χ3v) is 3.60. The van der Waals surface area contributed by atoms with Crippen molar-refractivity contribution in [2.24, 2.45) is 0 Å². The van der Waals surface area contributed by atoms with Gasteiger partial charge in [-0.2, -0.15) is 0 Å². The van der Waals surface area contributed by atoms with Crippen LogP contribution in [0.15, 0.2) is 12.5 Å². The molecule has 0 saturated carbocycles. The van der Waals surface area contributed by atoms with Gasteiger partial charge < -0.3 is 34.8 Å². The summed E-state index contributed by atoms with van der Waals surface area (Å²) >= 11 is 0. The van der Waals surface area contributed by atoms with E-state index < -0.39 is 59.9 Å². The van der Waals surface area contributed by atoms with Gasteiger partial charge in [0.05, 0.1) is 25.7 Å². The van der Waals surface area contributed by atoms with Crippen molar-refractivity contribution in [1.82, 2.24) is 20.6 Å². The Bertz CT molecular complexity index is 772. The van der Waals surface area contributed by atoms with Crippen molar-refractivity contribution < 1.29 is 43.7 Å². The minimum absolute atomic E-state index is 0.0937. The summed E-state index contributed by atoms with van der Waals surface area (Å²) in [6.45, 7) is -1.95. The standard InChI is InChI=1S/C15H22N6O11/c1-29-15(24)12(4-10-5-16-9-18-10)19-13(22)2-3-17-14(23)8-30-6-11(32-21(27)28)7-31-20(25)26/h5,9,11-12H,2-4,6-8H2,1H3,(H,16,18)(H,17,23)(H,19,22). The van der Waals surface area contributed by atoms with Gasteiger partial charge in [0, 0.05) is 25.6 Å². The number of ether oxygens (including phenoxy) is 2. The predicted molar refractivity (Wildman–Crippen MR) is 99.5 cm³/mol. The Kier molecular flexibility index (Phi) is 11.4. The molecule has 0 fully saturated rings. The third-order valence-electron chi connectivity index (χ3n) is 3.60. The average molecular weight is 462 g/mol. The summed E-state index contributed by atoms with van der Waals surface area (Å²) in [5, 5.41) is 23.0. The number of carbonyl (C=O) groups excluding carboxylic acids is 3. The molecule has 17 nitrogen and oxygen atoms in total. The number of amides is 2. The molecule has 0 aliphatic heterocycles. The Balaban J connectivity index is 2.32. The van der Waals surface area contributed by atoms with Crippen LogP contribution in [0.4, 0.5) is 0 Å². The van der Waals surface area contributed by atoms with Crippen LogP contribution < -0.4 is 10.6 Å². The second-order valence-electron chi connectivity index (χ2n) is 5.99. The molecule has 0 radical (unpaired) electrons. The van der Waals surface area contributed by atoms with Gasteiger partial charge in [0.15, 0.2) is 6.10 Å².